The molecule has 17 heavy (non-hydrogen) atoms. The predicted molar refractivity (Wildman–Crippen MR) is 68.9 cm³/mol. The summed E-state index contributed by atoms with van der Waals surface area (Å²) in [7, 11) is 0. The SMILES string of the molecule is CCC1CCCCC1OC1CC(=O)C1(C)CC. The first-order chi connectivity index (χ1) is 8.11. The van der Waals surface area contributed by atoms with Crippen LogP contribution in [0.2, 0.25) is 0 Å². The molecule has 0 heterocycles. The van der Waals surface area contributed by atoms with Gasteiger partial charge in [0.1, 0.15) is 5.78 Å². The molecule has 4 unspecified atom stereocenters. The van der Waals surface area contributed by atoms with Gasteiger partial charge in [-0.2, -0.15) is 0 Å². The molecule has 2 saturated carbocycles. The number of Topliss-reactive ketones (excluding diaryl/α,β-unsaturated/α-hetero) is 1. The van der Waals surface area contributed by atoms with Crippen LogP contribution in [0, 0.1) is 11.3 Å². The highest BCUT2D eigenvalue weighted by atomic mass is 16.5. The second kappa shape index (κ2) is 5.09. The Morgan fingerprint density at radius 3 is 2.59 bits per heavy atom. The summed E-state index contributed by atoms with van der Waals surface area (Å²) in [6.45, 7) is 6.44. The third-order valence-corrected chi connectivity index (χ3v) is 5.16. The van der Waals surface area contributed by atoms with E-state index in [0.29, 0.717) is 18.3 Å². The first-order valence-corrected chi connectivity index (χ1v) is 7.30. The van der Waals surface area contributed by atoms with Gasteiger partial charge in [0.25, 0.3) is 0 Å². The zero-order chi connectivity index (χ0) is 12.5. The summed E-state index contributed by atoms with van der Waals surface area (Å²) in [5.74, 6) is 1.12. The Morgan fingerprint density at radius 1 is 1.29 bits per heavy atom. The van der Waals surface area contributed by atoms with Gasteiger partial charge in [0, 0.05) is 6.42 Å². The van der Waals surface area contributed by atoms with Crippen molar-refractivity contribution in [1.29, 1.82) is 0 Å². The molecule has 0 amide bonds. The lowest BCUT2D eigenvalue weighted by molar-refractivity contribution is -0.177. The second-order valence-corrected chi connectivity index (χ2v) is 6.01. The number of carbonyl (C=O) groups is 1. The van der Waals surface area contributed by atoms with Crippen LogP contribution in [0.4, 0.5) is 0 Å². The lowest BCUT2D eigenvalue weighted by Gasteiger charge is -2.47. The van der Waals surface area contributed by atoms with E-state index in [-0.39, 0.29) is 11.5 Å². The third kappa shape index (κ3) is 2.29. The summed E-state index contributed by atoms with van der Waals surface area (Å²) in [5.41, 5.74) is -0.185. The largest absolute Gasteiger partial charge is 0.373 e. The van der Waals surface area contributed by atoms with Crippen LogP contribution in [0.1, 0.15) is 65.7 Å². The maximum Gasteiger partial charge on any atom is 0.143 e. The fourth-order valence-electron chi connectivity index (χ4n) is 3.33. The minimum absolute atomic E-state index is 0.185. The van der Waals surface area contributed by atoms with Crippen LogP contribution in [0.5, 0.6) is 0 Å². The van der Waals surface area contributed by atoms with Gasteiger partial charge in [-0.05, 0) is 25.2 Å². The number of hydrogen-bond acceptors (Lipinski definition) is 2. The molecule has 0 aromatic rings. The predicted octanol–water partition coefficient (Wildman–Crippen LogP) is 3.73. The summed E-state index contributed by atoms with van der Waals surface area (Å²) in [5, 5.41) is 0. The second-order valence-electron chi connectivity index (χ2n) is 6.01. The topological polar surface area (TPSA) is 26.3 Å². The van der Waals surface area contributed by atoms with Crippen molar-refractivity contribution in [2.24, 2.45) is 11.3 Å². The average Bonchev–Trinajstić information content (AvgIpc) is 2.37. The van der Waals surface area contributed by atoms with E-state index in [2.05, 4.69) is 20.8 Å². The van der Waals surface area contributed by atoms with Crippen molar-refractivity contribution < 1.29 is 9.53 Å². The fourth-order valence-corrected chi connectivity index (χ4v) is 3.33. The molecule has 0 N–H and O–H groups in total. The molecule has 0 aromatic carbocycles. The number of hydrogen-bond donors (Lipinski definition) is 0. The number of ether oxygens (including phenoxy) is 1. The Kier molecular flexibility index (Phi) is 3.92. The summed E-state index contributed by atoms with van der Waals surface area (Å²) in [6, 6.07) is 0. The minimum atomic E-state index is -0.185. The molecule has 0 saturated heterocycles. The van der Waals surface area contributed by atoms with E-state index >= 15 is 0 Å². The van der Waals surface area contributed by atoms with Crippen molar-refractivity contribution in [3.63, 3.8) is 0 Å². The standard InChI is InChI=1S/C15H26O2/c1-4-11-8-6-7-9-12(11)17-14-10-13(16)15(14,3)5-2/h11-12,14H,4-10H2,1-3H3. The van der Waals surface area contributed by atoms with E-state index in [9.17, 15) is 4.79 Å². The molecule has 4 atom stereocenters. The van der Waals surface area contributed by atoms with Crippen LogP contribution in [-0.4, -0.2) is 18.0 Å². The Labute approximate surface area is 105 Å². The van der Waals surface area contributed by atoms with Crippen LogP contribution in [0.25, 0.3) is 0 Å². The molecule has 2 nitrogen and oxygen atoms in total. The molecule has 98 valence electrons. The molecule has 0 aromatic heterocycles. The van der Waals surface area contributed by atoms with Crippen molar-refractivity contribution in [3.05, 3.63) is 0 Å². The normalized spacial score (nSPS) is 42.3. The minimum Gasteiger partial charge on any atom is -0.373 e. The van der Waals surface area contributed by atoms with Crippen molar-refractivity contribution >= 4 is 5.78 Å². The third-order valence-electron chi connectivity index (χ3n) is 5.16. The van der Waals surface area contributed by atoms with Gasteiger partial charge < -0.3 is 4.74 Å². The van der Waals surface area contributed by atoms with Gasteiger partial charge in [0.05, 0.1) is 17.6 Å². The fraction of sp³-hybridized carbons (Fsp3) is 0.933. The van der Waals surface area contributed by atoms with E-state index in [0.717, 1.165) is 12.3 Å². The maximum absolute atomic E-state index is 11.7. The van der Waals surface area contributed by atoms with Gasteiger partial charge in [-0.15, -0.1) is 0 Å². The van der Waals surface area contributed by atoms with Gasteiger partial charge in [-0.25, -0.2) is 0 Å². The average molecular weight is 238 g/mol. The Bertz CT molecular complexity index is 287. The van der Waals surface area contributed by atoms with Crippen LogP contribution >= 0.6 is 0 Å². The number of rotatable bonds is 4. The van der Waals surface area contributed by atoms with E-state index in [1.165, 1.54) is 32.1 Å². The molecule has 2 rings (SSSR count). The first-order valence-electron chi connectivity index (χ1n) is 7.30. The zero-order valence-corrected chi connectivity index (χ0v) is 11.5. The van der Waals surface area contributed by atoms with Crippen LogP contribution in [0.3, 0.4) is 0 Å². The van der Waals surface area contributed by atoms with Crippen LogP contribution in [0.15, 0.2) is 0 Å². The quantitative estimate of drug-likeness (QED) is 0.746. The Balaban J connectivity index is 1.94. The molecular formula is C15H26O2. The molecule has 0 radical (unpaired) electrons. The summed E-state index contributed by atoms with van der Waals surface area (Å²) >= 11 is 0. The molecular weight excluding hydrogens is 212 g/mol. The van der Waals surface area contributed by atoms with Crippen molar-refractivity contribution in [2.75, 3.05) is 0 Å². The molecule has 2 fully saturated rings. The van der Waals surface area contributed by atoms with E-state index in [1.807, 2.05) is 0 Å². The number of ketones is 1. The van der Waals surface area contributed by atoms with Gasteiger partial charge in [-0.1, -0.05) is 40.0 Å². The van der Waals surface area contributed by atoms with E-state index < -0.39 is 0 Å². The highest BCUT2D eigenvalue weighted by Gasteiger charge is 2.51. The molecule has 0 bridgehead atoms. The molecule has 0 aliphatic heterocycles. The van der Waals surface area contributed by atoms with Gasteiger partial charge in [0.15, 0.2) is 0 Å². The smallest absolute Gasteiger partial charge is 0.143 e. The monoisotopic (exact) mass is 238 g/mol. The van der Waals surface area contributed by atoms with Gasteiger partial charge >= 0.3 is 0 Å². The van der Waals surface area contributed by atoms with Crippen molar-refractivity contribution in [1.82, 2.24) is 0 Å². The maximum atomic E-state index is 11.7. The van der Waals surface area contributed by atoms with Crippen molar-refractivity contribution in [2.45, 2.75) is 77.9 Å². The van der Waals surface area contributed by atoms with Gasteiger partial charge in [-0.3, -0.25) is 4.79 Å². The number of carbonyl (C=O) groups excluding carboxylic acids is 1. The Hall–Kier alpha value is -0.370. The van der Waals surface area contributed by atoms with Crippen molar-refractivity contribution in [3.8, 4) is 0 Å². The zero-order valence-electron chi connectivity index (χ0n) is 11.5. The molecule has 0 spiro atoms. The molecule has 2 aliphatic carbocycles. The lowest BCUT2D eigenvalue weighted by Crippen LogP contribution is -2.54. The highest BCUT2D eigenvalue weighted by molar-refractivity contribution is 5.91. The van der Waals surface area contributed by atoms with Crippen LogP contribution < -0.4 is 0 Å². The Morgan fingerprint density at radius 2 is 2.00 bits per heavy atom. The van der Waals surface area contributed by atoms with E-state index in [1.54, 1.807) is 0 Å². The lowest BCUT2D eigenvalue weighted by atomic mass is 9.64. The molecule has 2 aliphatic rings. The highest BCUT2D eigenvalue weighted by Crippen LogP contribution is 2.44. The summed E-state index contributed by atoms with van der Waals surface area (Å²) in [6.07, 6.45) is 8.55. The first kappa shape index (κ1) is 13.1. The van der Waals surface area contributed by atoms with Gasteiger partial charge in [0.2, 0.25) is 0 Å². The molecule has 2 heteroatoms. The summed E-state index contributed by atoms with van der Waals surface area (Å²) < 4.78 is 6.29. The van der Waals surface area contributed by atoms with E-state index in [4.69, 9.17) is 4.74 Å². The van der Waals surface area contributed by atoms with Crippen LogP contribution in [-0.2, 0) is 9.53 Å². The summed E-state index contributed by atoms with van der Waals surface area (Å²) in [4.78, 5) is 11.7.